The monoisotopic (exact) mass is 495 g/mol. The van der Waals surface area contributed by atoms with Gasteiger partial charge in [0.2, 0.25) is 21.8 Å². The zero-order chi connectivity index (χ0) is 24.1. The number of hydrogen-bond donors (Lipinski definition) is 2. The Morgan fingerprint density at radius 3 is 2.00 bits per heavy atom. The van der Waals surface area contributed by atoms with Crippen molar-refractivity contribution < 1.29 is 18.0 Å². The van der Waals surface area contributed by atoms with Gasteiger partial charge in [-0.3, -0.25) is 9.59 Å². The zero-order valence-electron chi connectivity index (χ0n) is 21.0. The summed E-state index contributed by atoms with van der Waals surface area (Å²) >= 11 is 0. The highest BCUT2D eigenvalue weighted by Gasteiger charge is 2.36. The molecular formula is C26H45N3O4S. The highest BCUT2D eigenvalue weighted by atomic mass is 32.2. The van der Waals surface area contributed by atoms with E-state index in [0.717, 1.165) is 70.8 Å². The molecule has 0 bridgehead atoms. The van der Waals surface area contributed by atoms with Gasteiger partial charge in [-0.1, -0.05) is 19.3 Å². The summed E-state index contributed by atoms with van der Waals surface area (Å²) < 4.78 is 27.7. The van der Waals surface area contributed by atoms with Crippen LogP contribution in [0.4, 0.5) is 0 Å². The van der Waals surface area contributed by atoms with E-state index in [1.807, 2.05) is 0 Å². The molecule has 8 heteroatoms. The average Bonchev–Trinajstić information content (AvgIpc) is 3.64. The maximum absolute atomic E-state index is 13.2. The Bertz CT molecular complexity index is 791. The number of sulfonamides is 1. The van der Waals surface area contributed by atoms with Crippen molar-refractivity contribution in [3.05, 3.63) is 0 Å². The lowest BCUT2D eigenvalue weighted by Crippen LogP contribution is -2.46. The van der Waals surface area contributed by atoms with Gasteiger partial charge in [-0.15, -0.1) is 0 Å². The molecule has 0 radical (unpaired) electrons. The maximum Gasteiger partial charge on any atom is 0.225 e. The predicted molar refractivity (Wildman–Crippen MR) is 134 cm³/mol. The second kappa shape index (κ2) is 11.7. The first-order valence-electron chi connectivity index (χ1n) is 14.0. The third kappa shape index (κ3) is 6.96. The fourth-order valence-electron chi connectivity index (χ4n) is 6.43. The fourth-order valence-corrected chi connectivity index (χ4v) is 8.22. The molecule has 0 aromatic rings. The van der Waals surface area contributed by atoms with Gasteiger partial charge in [0.05, 0.1) is 5.25 Å². The third-order valence-corrected chi connectivity index (χ3v) is 10.7. The lowest BCUT2D eigenvalue weighted by Gasteiger charge is -2.38. The molecule has 4 aliphatic carbocycles. The average molecular weight is 496 g/mol. The number of nitrogens with one attached hydrogen (secondary N) is 2. The van der Waals surface area contributed by atoms with E-state index in [0.29, 0.717) is 31.2 Å². The summed E-state index contributed by atoms with van der Waals surface area (Å²) in [6.45, 7) is 2.91. The fraction of sp³-hybridized carbons (Fsp3) is 0.923. The van der Waals surface area contributed by atoms with Gasteiger partial charge in [0.1, 0.15) is 0 Å². The van der Waals surface area contributed by atoms with Gasteiger partial charge >= 0.3 is 0 Å². The maximum atomic E-state index is 13.2. The molecule has 0 aliphatic heterocycles. The largest absolute Gasteiger partial charge is 0.353 e. The van der Waals surface area contributed by atoms with Gasteiger partial charge in [0, 0.05) is 37.0 Å². The SMILES string of the molecule is CCN(C(=O)C1CCC(NC(=O)CC2CCC(S(=O)(=O)NC3CC3)CC2)CC1)C1CCCCC1. The Morgan fingerprint density at radius 1 is 0.794 bits per heavy atom. The van der Waals surface area contributed by atoms with E-state index in [1.54, 1.807) is 0 Å². The van der Waals surface area contributed by atoms with Crippen molar-refractivity contribution in [1.29, 1.82) is 0 Å². The minimum Gasteiger partial charge on any atom is -0.353 e. The van der Waals surface area contributed by atoms with Gasteiger partial charge in [0.25, 0.3) is 0 Å². The molecule has 2 N–H and O–H groups in total. The van der Waals surface area contributed by atoms with E-state index in [2.05, 4.69) is 21.9 Å². The van der Waals surface area contributed by atoms with E-state index < -0.39 is 10.0 Å². The molecule has 0 aromatic carbocycles. The van der Waals surface area contributed by atoms with Crippen molar-refractivity contribution in [2.24, 2.45) is 11.8 Å². The van der Waals surface area contributed by atoms with Crippen LogP contribution < -0.4 is 10.0 Å². The molecule has 4 aliphatic rings. The summed E-state index contributed by atoms with van der Waals surface area (Å²) in [7, 11) is -3.20. The van der Waals surface area contributed by atoms with Crippen LogP contribution in [-0.2, 0) is 19.6 Å². The quantitative estimate of drug-likeness (QED) is 0.508. The molecule has 4 saturated carbocycles. The van der Waals surface area contributed by atoms with Crippen molar-refractivity contribution in [2.75, 3.05) is 6.54 Å². The van der Waals surface area contributed by atoms with Crippen LogP contribution in [0.3, 0.4) is 0 Å². The minimum atomic E-state index is -3.20. The lowest BCUT2D eigenvalue weighted by molar-refractivity contribution is -0.139. The van der Waals surface area contributed by atoms with Gasteiger partial charge in [0.15, 0.2) is 0 Å². The Labute approximate surface area is 206 Å². The zero-order valence-corrected chi connectivity index (χ0v) is 21.8. The van der Waals surface area contributed by atoms with Crippen LogP contribution in [0.1, 0.15) is 110 Å². The Kier molecular flexibility index (Phi) is 8.94. The summed E-state index contributed by atoms with van der Waals surface area (Å²) in [6.07, 6.45) is 14.9. The summed E-state index contributed by atoms with van der Waals surface area (Å²) in [5.41, 5.74) is 0. The molecule has 0 unspecified atom stereocenters. The number of amides is 2. The van der Waals surface area contributed by atoms with Crippen LogP contribution in [0.2, 0.25) is 0 Å². The van der Waals surface area contributed by atoms with Gasteiger partial charge in [-0.05, 0) is 89.9 Å². The number of hydrogen-bond acceptors (Lipinski definition) is 4. The van der Waals surface area contributed by atoms with Crippen LogP contribution in [-0.4, -0.2) is 55.1 Å². The van der Waals surface area contributed by atoms with Crippen molar-refractivity contribution in [1.82, 2.24) is 14.9 Å². The van der Waals surface area contributed by atoms with E-state index in [-0.39, 0.29) is 35.1 Å². The van der Waals surface area contributed by atoms with Crippen LogP contribution in [0.25, 0.3) is 0 Å². The Hall–Kier alpha value is -1.15. The highest BCUT2D eigenvalue weighted by molar-refractivity contribution is 7.90. The van der Waals surface area contributed by atoms with Crippen LogP contribution >= 0.6 is 0 Å². The molecule has 0 heterocycles. The summed E-state index contributed by atoms with van der Waals surface area (Å²) in [5, 5.41) is 2.92. The second-order valence-electron chi connectivity index (χ2n) is 11.3. The number of carbonyl (C=O) groups excluding carboxylic acids is 2. The van der Waals surface area contributed by atoms with E-state index in [1.165, 1.54) is 19.3 Å². The summed E-state index contributed by atoms with van der Waals surface area (Å²) in [4.78, 5) is 28.0. The highest BCUT2D eigenvalue weighted by Crippen LogP contribution is 2.33. The van der Waals surface area contributed by atoms with E-state index >= 15 is 0 Å². The number of carbonyl (C=O) groups is 2. The molecule has 4 rings (SSSR count). The molecule has 194 valence electrons. The van der Waals surface area contributed by atoms with Crippen LogP contribution in [0.15, 0.2) is 0 Å². The van der Waals surface area contributed by atoms with Crippen molar-refractivity contribution in [2.45, 2.75) is 133 Å². The molecule has 7 nitrogen and oxygen atoms in total. The van der Waals surface area contributed by atoms with Crippen molar-refractivity contribution in [3.63, 3.8) is 0 Å². The molecule has 34 heavy (non-hydrogen) atoms. The predicted octanol–water partition coefficient (Wildman–Crippen LogP) is 3.87. The number of rotatable bonds is 9. The van der Waals surface area contributed by atoms with Crippen molar-refractivity contribution >= 4 is 21.8 Å². The van der Waals surface area contributed by atoms with Gasteiger partial charge in [-0.2, -0.15) is 0 Å². The molecule has 0 saturated heterocycles. The standard InChI is InChI=1S/C26H45N3O4S/c1-2-29(23-6-4-3-5-7-23)26(31)20-10-12-21(13-11-20)27-25(30)18-19-8-16-24(17-9-19)34(32,33)28-22-14-15-22/h19-24,28H,2-18H2,1H3,(H,27,30). The molecular weight excluding hydrogens is 450 g/mol. The van der Waals surface area contributed by atoms with Crippen LogP contribution in [0.5, 0.6) is 0 Å². The smallest absolute Gasteiger partial charge is 0.225 e. The minimum absolute atomic E-state index is 0.0922. The summed E-state index contributed by atoms with van der Waals surface area (Å²) in [6, 6.07) is 0.759. The van der Waals surface area contributed by atoms with Gasteiger partial charge in [-0.25, -0.2) is 13.1 Å². The lowest BCUT2D eigenvalue weighted by atomic mass is 9.83. The summed E-state index contributed by atoms with van der Waals surface area (Å²) in [5.74, 6) is 0.812. The van der Waals surface area contributed by atoms with Crippen LogP contribution in [0, 0.1) is 11.8 Å². The number of nitrogens with zero attached hydrogens (tertiary/aromatic N) is 1. The van der Waals surface area contributed by atoms with Crippen molar-refractivity contribution in [3.8, 4) is 0 Å². The molecule has 4 fully saturated rings. The molecule has 0 atom stereocenters. The first-order valence-corrected chi connectivity index (χ1v) is 15.5. The third-order valence-electron chi connectivity index (χ3n) is 8.70. The molecule has 0 spiro atoms. The first-order chi connectivity index (χ1) is 16.4. The normalized spacial score (nSPS) is 31.1. The first kappa shape index (κ1) is 25.9. The Balaban J connectivity index is 1.15. The second-order valence-corrected chi connectivity index (χ2v) is 13.3. The van der Waals surface area contributed by atoms with E-state index in [9.17, 15) is 18.0 Å². The molecule has 2 amide bonds. The molecule has 0 aromatic heterocycles. The van der Waals surface area contributed by atoms with Gasteiger partial charge < -0.3 is 10.2 Å². The topological polar surface area (TPSA) is 95.6 Å². The van der Waals surface area contributed by atoms with E-state index in [4.69, 9.17) is 0 Å². The Morgan fingerprint density at radius 2 is 1.41 bits per heavy atom.